The number of amides is 1. The Morgan fingerprint density at radius 2 is 1.61 bits per heavy atom. The molecule has 1 heterocycles. The van der Waals surface area contributed by atoms with Gasteiger partial charge in [0.15, 0.2) is 0 Å². The molecule has 0 aliphatic carbocycles. The van der Waals surface area contributed by atoms with Crippen molar-refractivity contribution in [2.45, 2.75) is 19.4 Å². The Hall–Kier alpha value is -4.17. The number of hydrogen-bond donors (Lipinski definition) is 1. The van der Waals surface area contributed by atoms with Crippen molar-refractivity contribution in [3.05, 3.63) is 108 Å². The molecule has 0 aliphatic heterocycles. The first-order chi connectivity index (χ1) is 15.2. The fraction of sp³-hybridized carbons (Fsp3) is 0.115. The van der Waals surface area contributed by atoms with E-state index in [-0.39, 0.29) is 5.91 Å². The van der Waals surface area contributed by atoms with Crippen molar-refractivity contribution in [3.8, 4) is 23.0 Å². The molecule has 1 amide bonds. The molecule has 0 radical (unpaired) electrons. The third-order valence-corrected chi connectivity index (χ3v) is 5.06. The summed E-state index contributed by atoms with van der Waals surface area (Å²) in [6.45, 7) is 0.406. The summed E-state index contributed by atoms with van der Waals surface area (Å²) < 4.78 is 1.85. The number of para-hydroxylation sites is 1. The van der Waals surface area contributed by atoms with Crippen LogP contribution >= 0.6 is 0 Å². The maximum absolute atomic E-state index is 12.4. The summed E-state index contributed by atoms with van der Waals surface area (Å²) in [6.07, 6.45) is 2.99. The lowest BCUT2D eigenvalue weighted by Gasteiger charge is -2.06. The van der Waals surface area contributed by atoms with Crippen LogP contribution in [0.1, 0.15) is 23.1 Å². The Bertz CT molecular complexity index is 1190. The van der Waals surface area contributed by atoms with E-state index in [0.29, 0.717) is 24.9 Å². The van der Waals surface area contributed by atoms with Crippen LogP contribution in [0.15, 0.2) is 91.1 Å². The largest absolute Gasteiger partial charge is 0.352 e. The standard InChI is InChI=1S/C26H22N4O/c27-17-21-13-11-20(12-14-21)15-16-25(31)28-18-23-19-30(24-9-5-2-6-10-24)29-26(23)22-7-3-1-4-8-22/h1-14,19H,15-16,18H2,(H,28,31). The predicted octanol–water partition coefficient (Wildman–Crippen LogP) is 4.66. The number of aryl methyl sites for hydroxylation is 1. The molecule has 152 valence electrons. The fourth-order valence-corrected chi connectivity index (χ4v) is 3.38. The maximum atomic E-state index is 12.4. The summed E-state index contributed by atoms with van der Waals surface area (Å²) in [5, 5.41) is 16.7. The molecule has 3 aromatic carbocycles. The van der Waals surface area contributed by atoms with Gasteiger partial charge in [0.2, 0.25) is 5.91 Å². The summed E-state index contributed by atoms with van der Waals surface area (Å²) in [5.41, 5.74) is 5.46. The predicted molar refractivity (Wildman–Crippen MR) is 120 cm³/mol. The number of aromatic nitrogens is 2. The van der Waals surface area contributed by atoms with Gasteiger partial charge in [0.1, 0.15) is 0 Å². The van der Waals surface area contributed by atoms with Gasteiger partial charge in [-0.05, 0) is 36.2 Å². The van der Waals surface area contributed by atoms with Gasteiger partial charge in [0, 0.05) is 30.3 Å². The van der Waals surface area contributed by atoms with E-state index in [9.17, 15) is 4.79 Å². The van der Waals surface area contributed by atoms with Crippen LogP contribution in [0.3, 0.4) is 0 Å². The molecule has 0 atom stereocenters. The minimum atomic E-state index is -0.0177. The smallest absolute Gasteiger partial charge is 0.220 e. The number of carbonyl (C=O) groups is 1. The van der Waals surface area contributed by atoms with E-state index < -0.39 is 0 Å². The zero-order chi connectivity index (χ0) is 21.5. The molecule has 0 saturated carbocycles. The van der Waals surface area contributed by atoms with Crippen molar-refractivity contribution in [2.24, 2.45) is 0 Å². The minimum absolute atomic E-state index is 0.0177. The van der Waals surface area contributed by atoms with Crippen molar-refractivity contribution in [3.63, 3.8) is 0 Å². The van der Waals surface area contributed by atoms with Gasteiger partial charge in [0.25, 0.3) is 0 Å². The zero-order valence-electron chi connectivity index (χ0n) is 17.0. The van der Waals surface area contributed by atoms with Crippen LogP contribution in [-0.4, -0.2) is 15.7 Å². The van der Waals surface area contributed by atoms with Crippen LogP contribution in [0.4, 0.5) is 0 Å². The highest BCUT2D eigenvalue weighted by molar-refractivity contribution is 5.76. The zero-order valence-corrected chi connectivity index (χ0v) is 17.0. The van der Waals surface area contributed by atoms with Gasteiger partial charge in [-0.3, -0.25) is 4.79 Å². The number of benzene rings is 3. The van der Waals surface area contributed by atoms with E-state index in [4.69, 9.17) is 10.4 Å². The Morgan fingerprint density at radius 3 is 2.29 bits per heavy atom. The minimum Gasteiger partial charge on any atom is -0.352 e. The Morgan fingerprint density at radius 1 is 0.935 bits per heavy atom. The van der Waals surface area contributed by atoms with E-state index in [0.717, 1.165) is 28.1 Å². The topological polar surface area (TPSA) is 70.7 Å². The van der Waals surface area contributed by atoms with Gasteiger partial charge >= 0.3 is 0 Å². The molecule has 4 rings (SSSR count). The van der Waals surface area contributed by atoms with E-state index in [2.05, 4.69) is 11.4 Å². The van der Waals surface area contributed by atoms with Crippen molar-refractivity contribution >= 4 is 5.91 Å². The maximum Gasteiger partial charge on any atom is 0.220 e. The highest BCUT2D eigenvalue weighted by Gasteiger charge is 2.13. The first-order valence-corrected chi connectivity index (χ1v) is 10.2. The van der Waals surface area contributed by atoms with Gasteiger partial charge in [-0.1, -0.05) is 60.7 Å². The lowest BCUT2D eigenvalue weighted by Crippen LogP contribution is -2.23. The van der Waals surface area contributed by atoms with E-state index in [1.807, 2.05) is 83.7 Å². The van der Waals surface area contributed by atoms with Crippen molar-refractivity contribution in [2.75, 3.05) is 0 Å². The molecule has 0 bridgehead atoms. The Balaban J connectivity index is 1.46. The summed E-state index contributed by atoms with van der Waals surface area (Å²) in [7, 11) is 0. The molecule has 1 N–H and O–H groups in total. The second-order valence-electron chi connectivity index (χ2n) is 7.23. The molecule has 31 heavy (non-hydrogen) atoms. The SMILES string of the molecule is N#Cc1ccc(CCC(=O)NCc2cn(-c3ccccc3)nc2-c2ccccc2)cc1. The normalized spacial score (nSPS) is 10.4. The van der Waals surface area contributed by atoms with Crippen molar-refractivity contribution in [1.29, 1.82) is 5.26 Å². The molecule has 4 aromatic rings. The monoisotopic (exact) mass is 406 g/mol. The number of rotatable bonds is 7. The van der Waals surface area contributed by atoms with Crippen LogP contribution in [-0.2, 0) is 17.8 Å². The molecule has 0 spiro atoms. The molecule has 5 heteroatoms. The van der Waals surface area contributed by atoms with E-state index in [1.165, 1.54) is 0 Å². The fourth-order valence-electron chi connectivity index (χ4n) is 3.38. The lowest BCUT2D eigenvalue weighted by atomic mass is 10.1. The van der Waals surface area contributed by atoms with Gasteiger partial charge in [0.05, 0.1) is 23.0 Å². The average molecular weight is 406 g/mol. The first kappa shape index (κ1) is 20.1. The number of nitrogens with one attached hydrogen (secondary N) is 1. The number of nitriles is 1. The van der Waals surface area contributed by atoms with Crippen LogP contribution in [0.2, 0.25) is 0 Å². The molecular formula is C26H22N4O. The molecule has 1 aromatic heterocycles. The molecule has 0 unspecified atom stereocenters. The van der Waals surface area contributed by atoms with Crippen LogP contribution in [0.5, 0.6) is 0 Å². The molecular weight excluding hydrogens is 384 g/mol. The molecule has 0 aliphatic rings. The third-order valence-electron chi connectivity index (χ3n) is 5.06. The van der Waals surface area contributed by atoms with Gasteiger partial charge in [-0.15, -0.1) is 0 Å². The molecule has 0 fully saturated rings. The Kier molecular flexibility index (Phi) is 6.20. The summed E-state index contributed by atoms with van der Waals surface area (Å²) >= 11 is 0. The quantitative estimate of drug-likeness (QED) is 0.485. The second kappa shape index (κ2) is 9.55. The average Bonchev–Trinajstić information content (AvgIpc) is 3.27. The second-order valence-corrected chi connectivity index (χ2v) is 7.23. The number of nitrogens with zero attached hydrogens (tertiary/aromatic N) is 3. The highest BCUT2D eigenvalue weighted by atomic mass is 16.1. The van der Waals surface area contributed by atoms with E-state index >= 15 is 0 Å². The first-order valence-electron chi connectivity index (χ1n) is 10.2. The van der Waals surface area contributed by atoms with E-state index in [1.54, 1.807) is 12.1 Å². The van der Waals surface area contributed by atoms with Crippen LogP contribution < -0.4 is 5.32 Å². The van der Waals surface area contributed by atoms with Gasteiger partial charge in [-0.2, -0.15) is 10.4 Å². The number of hydrogen-bond acceptors (Lipinski definition) is 3. The van der Waals surface area contributed by atoms with Gasteiger partial charge < -0.3 is 5.32 Å². The highest BCUT2D eigenvalue weighted by Crippen LogP contribution is 2.23. The van der Waals surface area contributed by atoms with Crippen molar-refractivity contribution < 1.29 is 4.79 Å². The van der Waals surface area contributed by atoms with Crippen molar-refractivity contribution in [1.82, 2.24) is 15.1 Å². The lowest BCUT2D eigenvalue weighted by molar-refractivity contribution is -0.121. The van der Waals surface area contributed by atoms with Crippen LogP contribution in [0.25, 0.3) is 16.9 Å². The molecule has 5 nitrogen and oxygen atoms in total. The number of carbonyl (C=O) groups excluding carboxylic acids is 1. The van der Waals surface area contributed by atoms with Crippen LogP contribution in [0, 0.1) is 11.3 Å². The third kappa shape index (κ3) is 5.06. The summed E-state index contributed by atoms with van der Waals surface area (Å²) in [5.74, 6) is -0.0177. The van der Waals surface area contributed by atoms with Gasteiger partial charge in [-0.25, -0.2) is 4.68 Å². The Labute approximate surface area is 181 Å². The molecule has 0 saturated heterocycles. The summed E-state index contributed by atoms with van der Waals surface area (Å²) in [4.78, 5) is 12.4. The summed E-state index contributed by atoms with van der Waals surface area (Å²) in [6, 6.07) is 29.3.